The van der Waals surface area contributed by atoms with Gasteiger partial charge < -0.3 is 9.64 Å². The topological polar surface area (TPSA) is 61.9 Å². The van der Waals surface area contributed by atoms with Gasteiger partial charge in [0.15, 0.2) is 5.11 Å². The second-order valence-corrected chi connectivity index (χ2v) is 10.0. The average Bonchev–Trinajstić information content (AvgIpc) is 2.77. The Kier molecular flexibility index (Phi) is 6.44. The summed E-state index contributed by atoms with van der Waals surface area (Å²) in [5.41, 5.74) is 3.40. The molecule has 4 rings (SSSR count). The van der Waals surface area contributed by atoms with Crippen LogP contribution in [0.2, 0.25) is 5.02 Å². The van der Waals surface area contributed by atoms with E-state index in [0.717, 1.165) is 24.2 Å². The fraction of sp³-hybridized carbons (Fsp3) is 0.346. The maximum Gasteiger partial charge on any atom is 0.270 e. The molecule has 6 nitrogen and oxygen atoms in total. The Morgan fingerprint density at radius 1 is 1.24 bits per heavy atom. The molecule has 0 aromatic heterocycles. The van der Waals surface area contributed by atoms with Crippen molar-refractivity contribution in [3.63, 3.8) is 0 Å². The van der Waals surface area contributed by atoms with Crippen molar-refractivity contribution in [3.8, 4) is 5.75 Å². The number of methoxy groups -OCH3 is 1. The van der Waals surface area contributed by atoms with Crippen molar-refractivity contribution in [2.24, 2.45) is 0 Å². The minimum Gasteiger partial charge on any atom is -0.497 e. The molecule has 2 aromatic rings. The Bertz CT molecular complexity index is 1210. The Hall–Kier alpha value is -2.90. The number of hydrogen-bond donors (Lipinski definition) is 1. The van der Waals surface area contributed by atoms with E-state index in [-0.39, 0.29) is 16.2 Å². The van der Waals surface area contributed by atoms with E-state index in [4.69, 9.17) is 28.6 Å². The molecule has 0 aliphatic carbocycles. The van der Waals surface area contributed by atoms with Crippen LogP contribution in [0, 0.1) is 0 Å². The standard InChI is InChI=1S/C26H28ClN3O3S/c1-6-29-22-13-21(27)16(11-19(22)15(2)14-26(29,3)4)12-20-23(31)28-25(34)30(24(20)32)17-7-9-18(33-5)10-8-17/h7-13,15H,6,14H2,1-5H3,(H,28,31,34)/b20-12-. The second-order valence-electron chi connectivity index (χ2n) is 9.25. The summed E-state index contributed by atoms with van der Waals surface area (Å²) in [5, 5.41) is 3.14. The van der Waals surface area contributed by atoms with Gasteiger partial charge in [-0.3, -0.25) is 19.8 Å². The van der Waals surface area contributed by atoms with Crippen LogP contribution in [-0.4, -0.2) is 36.1 Å². The number of carbonyl (C=O) groups excluding carboxylic acids is 2. The number of nitrogens with one attached hydrogen (secondary N) is 1. The number of fused-ring (bicyclic) bond motifs is 1. The van der Waals surface area contributed by atoms with E-state index in [9.17, 15) is 9.59 Å². The lowest BCUT2D eigenvalue weighted by atomic mass is 9.79. The van der Waals surface area contributed by atoms with Crippen LogP contribution in [0.3, 0.4) is 0 Å². The van der Waals surface area contributed by atoms with Crippen molar-refractivity contribution in [3.05, 3.63) is 58.1 Å². The molecule has 34 heavy (non-hydrogen) atoms. The molecule has 178 valence electrons. The van der Waals surface area contributed by atoms with E-state index in [2.05, 4.69) is 37.9 Å². The third kappa shape index (κ3) is 4.18. The summed E-state index contributed by atoms with van der Waals surface area (Å²) in [6, 6.07) is 10.8. The fourth-order valence-electron chi connectivity index (χ4n) is 5.01. The first-order chi connectivity index (χ1) is 16.1. The van der Waals surface area contributed by atoms with Gasteiger partial charge in [-0.1, -0.05) is 18.5 Å². The number of amides is 2. The quantitative estimate of drug-likeness (QED) is 0.353. The van der Waals surface area contributed by atoms with E-state index in [0.29, 0.717) is 27.9 Å². The predicted molar refractivity (Wildman–Crippen MR) is 141 cm³/mol. The number of nitrogens with zero attached hydrogens (tertiary/aromatic N) is 2. The number of ether oxygens (including phenoxy) is 1. The highest BCUT2D eigenvalue weighted by Crippen LogP contribution is 2.45. The van der Waals surface area contributed by atoms with Gasteiger partial charge in [0, 0.05) is 22.8 Å². The normalized spacial score (nSPS) is 20.9. The third-order valence-corrected chi connectivity index (χ3v) is 7.16. The van der Waals surface area contributed by atoms with Crippen LogP contribution >= 0.6 is 23.8 Å². The number of benzene rings is 2. The first-order valence-corrected chi connectivity index (χ1v) is 12.0. The summed E-state index contributed by atoms with van der Waals surface area (Å²) >= 11 is 12.0. The monoisotopic (exact) mass is 497 g/mol. The molecule has 0 bridgehead atoms. The molecule has 1 fully saturated rings. The van der Waals surface area contributed by atoms with E-state index in [1.54, 1.807) is 37.5 Å². The maximum absolute atomic E-state index is 13.4. The van der Waals surface area contributed by atoms with Crippen LogP contribution in [0.25, 0.3) is 6.08 Å². The smallest absolute Gasteiger partial charge is 0.270 e. The van der Waals surface area contributed by atoms with Gasteiger partial charge in [0.25, 0.3) is 11.8 Å². The van der Waals surface area contributed by atoms with E-state index in [1.165, 1.54) is 4.90 Å². The maximum atomic E-state index is 13.4. The van der Waals surface area contributed by atoms with Crippen LogP contribution in [0.15, 0.2) is 42.0 Å². The molecule has 2 aliphatic rings. The molecule has 2 aliphatic heterocycles. The zero-order valence-electron chi connectivity index (χ0n) is 19.9. The minimum atomic E-state index is -0.544. The van der Waals surface area contributed by atoms with Crippen LogP contribution in [-0.2, 0) is 9.59 Å². The lowest BCUT2D eigenvalue weighted by Crippen LogP contribution is -2.54. The molecule has 0 spiro atoms. The Balaban J connectivity index is 1.75. The summed E-state index contributed by atoms with van der Waals surface area (Å²) in [6.07, 6.45) is 2.55. The Morgan fingerprint density at radius 3 is 2.53 bits per heavy atom. The van der Waals surface area contributed by atoms with Crippen LogP contribution < -0.4 is 19.9 Å². The second kappa shape index (κ2) is 9.04. The van der Waals surface area contributed by atoms with Gasteiger partial charge in [-0.05, 0) is 98.9 Å². The molecular weight excluding hydrogens is 470 g/mol. The molecule has 1 unspecified atom stereocenters. The van der Waals surface area contributed by atoms with Crippen molar-refractivity contribution < 1.29 is 14.3 Å². The van der Waals surface area contributed by atoms with Gasteiger partial charge in [-0.25, -0.2) is 0 Å². The summed E-state index contributed by atoms with van der Waals surface area (Å²) in [6.45, 7) is 9.66. The van der Waals surface area contributed by atoms with Gasteiger partial charge in [-0.2, -0.15) is 0 Å². The SMILES string of the molecule is CCN1c2cc(Cl)c(/C=C3/C(=O)NC(=S)N(c4ccc(OC)cc4)C3=O)cc2C(C)CC1(C)C. The number of anilines is 2. The molecular formula is C26H28ClN3O3S. The van der Waals surface area contributed by atoms with E-state index >= 15 is 0 Å². The van der Waals surface area contributed by atoms with Gasteiger partial charge in [-0.15, -0.1) is 0 Å². The molecule has 1 saturated heterocycles. The van der Waals surface area contributed by atoms with E-state index in [1.807, 2.05) is 12.1 Å². The van der Waals surface area contributed by atoms with Crippen LogP contribution in [0.1, 0.15) is 51.2 Å². The van der Waals surface area contributed by atoms with Crippen LogP contribution in [0.4, 0.5) is 11.4 Å². The molecule has 2 amide bonds. The number of rotatable bonds is 4. The van der Waals surface area contributed by atoms with Crippen molar-refractivity contribution >= 4 is 58.2 Å². The largest absolute Gasteiger partial charge is 0.497 e. The first-order valence-electron chi connectivity index (χ1n) is 11.2. The summed E-state index contributed by atoms with van der Waals surface area (Å²) < 4.78 is 5.19. The predicted octanol–water partition coefficient (Wildman–Crippen LogP) is 5.29. The average molecular weight is 498 g/mol. The lowest BCUT2D eigenvalue weighted by Gasteiger charge is -2.47. The first kappa shape index (κ1) is 24.2. The fourth-order valence-corrected chi connectivity index (χ4v) is 5.50. The highest BCUT2D eigenvalue weighted by atomic mass is 35.5. The molecule has 0 radical (unpaired) electrons. The number of thiocarbonyl (C=S) groups is 1. The zero-order valence-corrected chi connectivity index (χ0v) is 21.5. The minimum absolute atomic E-state index is 0.0122. The molecule has 2 heterocycles. The molecule has 8 heteroatoms. The van der Waals surface area contributed by atoms with Crippen LogP contribution in [0.5, 0.6) is 5.75 Å². The summed E-state index contributed by atoms with van der Waals surface area (Å²) in [5.74, 6) is -0.0883. The summed E-state index contributed by atoms with van der Waals surface area (Å²) in [7, 11) is 1.57. The van der Waals surface area contributed by atoms with Gasteiger partial charge in [0.2, 0.25) is 0 Å². The molecule has 0 saturated carbocycles. The van der Waals surface area contributed by atoms with Crippen molar-refractivity contribution in [1.82, 2.24) is 5.32 Å². The van der Waals surface area contributed by atoms with E-state index < -0.39 is 11.8 Å². The molecule has 1 atom stereocenters. The van der Waals surface area contributed by atoms with Crippen molar-refractivity contribution in [1.29, 1.82) is 0 Å². The number of halogens is 1. The van der Waals surface area contributed by atoms with Crippen molar-refractivity contribution in [2.75, 3.05) is 23.5 Å². The highest BCUT2D eigenvalue weighted by Gasteiger charge is 2.37. The third-order valence-electron chi connectivity index (χ3n) is 6.55. The lowest BCUT2D eigenvalue weighted by molar-refractivity contribution is -0.122. The Morgan fingerprint density at radius 2 is 1.91 bits per heavy atom. The number of carbonyl (C=O) groups is 2. The molecule has 1 N–H and O–H groups in total. The van der Waals surface area contributed by atoms with Gasteiger partial charge >= 0.3 is 0 Å². The molecule has 2 aromatic carbocycles. The van der Waals surface area contributed by atoms with Crippen molar-refractivity contribution in [2.45, 2.75) is 45.6 Å². The Labute approximate surface area is 210 Å². The number of hydrogen-bond acceptors (Lipinski definition) is 5. The summed E-state index contributed by atoms with van der Waals surface area (Å²) in [4.78, 5) is 29.8. The van der Waals surface area contributed by atoms with Gasteiger partial charge in [0.1, 0.15) is 11.3 Å². The highest BCUT2D eigenvalue weighted by molar-refractivity contribution is 7.80. The zero-order chi connectivity index (χ0) is 24.8. The van der Waals surface area contributed by atoms with Gasteiger partial charge in [0.05, 0.1) is 12.8 Å².